The average molecular weight is 356 g/mol. The van der Waals surface area contributed by atoms with Gasteiger partial charge in [-0.3, -0.25) is 4.79 Å². The number of aromatic nitrogens is 2. The molecule has 1 aliphatic heterocycles. The fraction of sp³-hybridized carbons (Fsp3) is 0.263. The number of carbonyl (C=O) groups is 1. The highest BCUT2D eigenvalue weighted by Crippen LogP contribution is 2.27. The molecular weight excluding hydrogens is 338 g/mol. The molecule has 2 atom stereocenters. The lowest BCUT2D eigenvalue weighted by molar-refractivity contribution is 0.100. The van der Waals surface area contributed by atoms with Crippen LogP contribution in [0.4, 0.5) is 8.78 Å². The number of nitrogens with one attached hydrogen (secondary N) is 1. The number of primary amides is 1. The minimum Gasteiger partial charge on any atom is -0.366 e. The van der Waals surface area contributed by atoms with E-state index in [-0.39, 0.29) is 22.4 Å². The van der Waals surface area contributed by atoms with Crippen LogP contribution in [-0.4, -0.2) is 34.9 Å². The Morgan fingerprint density at radius 1 is 1.19 bits per heavy atom. The predicted molar refractivity (Wildman–Crippen MR) is 94.7 cm³/mol. The lowest BCUT2D eigenvalue weighted by atomic mass is 9.91. The van der Waals surface area contributed by atoms with Gasteiger partial charge < -0.3 is 11.1 Å². The molecule has 134 valence electrons. The first-order valence-corrected chi connectivity index (χ1v) is 8.45. The van der Waals surface area contributed by atoms with Gasteiger partial charge in [0.1, 0.15) is 17.5 Å². The van der Waals surface area contributed by atoms with Crippen molar-refractivity contribution in [1.82, 2.24) is 15.1 Å². The zero-order chi connectivity index (χ0) is 18.3. The molecule has 2 aromatic carbocycles. The number of benzene rings is 2. The van der Waals surface area contributed by atoms with Gasteiger partial charge >= 0.3 is 0 Å². The van der Waals surface area contributed by atoms with Crippen molar-refractivity contribution in [3.63, 3.8) is 0 Å². The Morgan fingerprint density at radius 2 is 1.96 bits per heavy atom. The summed E-state index contributed by atoms with van der Waals surface area (Å²) in [4.78, 5) is 11.5. The number of fused-ring (bicyclic) bond motifs is 1. The smallest absolute Gasteiger partial charge is 0.250 e. The minimum atomic E-state index is -0.833. The Hall–Kier alpha value is -2.80. The number of carbonyl (C=O) groups excluding carboxylic acids is 1. The molecule has 26 heavy (non-hydrogen) atoms. The van der Waals surface area contributed by atoms with E-state index in [1.807, 2.05) is 24.3 Å². The number of halogens is 2. The Balaban J connectivity index is 1.68. The number of amides is 1. The van der Waals surface area contributed by atoms with Gasteiger partial charge in [-0.15, -0.1) is 0 Å². The quantitative estimate of drug-likeness (QED) is 0.758. The molecule has 2 heterocycles. The molecule has 0 spiro atoms. The van der Waals surface area contributed by atoms with E-state index in [0.717, 1.165) is 17.8 Å². The van der Waals surface area contributed by atoms with E-state index in [1.165, 1.54) is 23.0 Å². The normalized spacial score (nSPS) is 20.4. The summed E-state index contributed by atoms with van der Waals surface area (Å²) in [5, 5.41) is 7.65. The third-order valence-electron chi connectivity index (χ3n) is 4.81. The molecule has 0 aliphatic carbocycles. The van der Waals surface area contributed by atoms with Crippen molar-refractivity contribution in [1.29, 1.82) is 0 Å². The second-order valence-corrected chi connectivity index (χ2v) is 6.57. The first kappa shape index (κ1) is 16.7. The third-order valence-corrected chi connectivity index (χ3v) is 4.81. The standard InChI is InChI=1S/C19H18F2N4O/c20-13-7-12(8-23-9-13)11-1-3-14(4-2-11)25-10-16-17(21)6-5-15(19(22)26)18(16)24-25/h1-6,10,12-13,23H,7-9H2,(H2,22,26). The summed E-state index contributed by atoms with van der Waals surface area (Å²) in [6.07, 6.45) is 1.21. The van der Waals surface area contributed by atoms with E-state index in [0.29, 0.717) is 13.0 Å². The lowest BCUT2D eigenvalue weighted by Gasteiger charge is -2.26. The van der Waals surface area contributed by atoms with Gasteiger partial charge in [-0.2, -0.15) is 5.10 Å². The lowest BCUT2D eigenvalue weighted by Crippen LogP contribution is -2.36. The molecule has 5 nitrogen and oxygen atoms in total. The highest BCUT2D eigenvalue weighted by atomic mass is 19.1. The fourth-order valence-corrected chi connectivity index (χ4v) is 3.45. The van der Waals surface area contributed by atoms with E-state index in [2.05, 4.69) is 10.4 Å². The van der Waals surface area contributed by atoms with Crippen LogP contribution < -0.4 is 11.1 Å². The monoisotopic (exact) mass is 356 g/mol. The van der Waals surface area contributed by atoms with Crippen LogP contribution in [0.15, 0.2) is 42.6 Å². The molecule has 2 unspecified atom stereocenters. The summed E-state index contributed by atoms with van der Waals surface area (Å²) in [6, 6.07) is 10.1. The molecule has 1 amide bonds. The van der Waals surface area contributed by atoms with E-state index >= 15 is 0 Å². The van der Waals surface area contributed by atoms with E-state index in [9.17, 15) is 13.6 Å². The number of nitrogens with zero attached hydrogens (tertiary/aromatic N) is 2. The molecule has 0 bridgehead atoms. The molecule has 0 saturated carbocycles. The number of alkyl halides is 1. The van der Waals surface area contributed by atoms with Crippen LogP contribution in [0.1, 0.15) is 28.3 Å². The van der Waals surface area contributed by atoms with E-state index < -0.39 is 17.9 Å². The fourth-order valence-electron chi connectivity index (χ4n) is 3.45. The summed E-state index contributed by atoms with van der Waals surface area (Å²) in [5.41, 5.74) is 7.53. The second-order valence-electron chi connectivity index (χ2n) is 6.57. The van der Waals surface area contributed by atoms with Crippen LogP contribution in [0, 0.1) is 5.82 Å². The van der Waals surface area contributed by atoms with Crippen LogP contribution in [0.3, 0.4) is 0 Å². The molecule has 3 aromatic rings. The predicted octanol–water partition coefficient (Wildman–Crippen LogP) is 2.68. The van der Waals surface area contributed by atoms with Gasteiger partial charge in [0.2, 0.25) is 0 Å². The molecular formula is C19H18F2N4O. The maximum absolute atomic E-state index is 14.1. The summed E-state index contributed by atoms with van der Waals surface area (Å²) in [7, 11) is 0. The van der Waals surface area contributed by atoms with Crippen molar-refractivity contribution in [2.24, 2.45) is 5.73 Å². The highest BCUT2D eigenvalue weighted by molar-refractivity contribution is 6.04. The summed E-state index contributed by atoms with van der Waals surface area (Å²) in [5.74, 6) is -0.986. The molecule has 1 fully saturated rings. The highest BCUT2D eigenvalue weighted by Gasteiger charge is 2.22. The minimum absolute atomic E-state index is 0.128. The zero-order valence-corrected chi connectivity index (χ0v) is 14.0. The number of hydrogen-bond acceptors (Lipinski definition) is 3. The van der Waals surface area contributed by atoms with Gasteiger partial charge in [0.15, 0.2) is 0 Å². The van der Waals surface area contributed by atoms with Crippen molar-refractivity contribution in [2.45, 2.75) is 18.5 Å². The molecule has 1 aliphatic rings. The Bertz CT molecular complexity index is 968. The molecule has 3 N–H and O–H groups in total. The van der Waals surface area contributed by atoms with Crippen molar-refractivity contribution in [3.05, 3.63) is 59.5 Å². The Kier molecular flexibility index (Phi) is 4.16. The number of rotatable bonds is 3. The maximum Gasteiger partial charge on any atom is 0.250 e. The Labute approximate surface area is 148 Å². The number of hydrogen-bond donors (Lipinski definition) is 2. The number of nitrogens with two attached hydrogens (primary N) is 1. The summed E-state index contributed by atoms with van der Waals surface area (Å²) < 4.78 is 29.1. The maximum atomic E-state index is 14.1. The molecule has 7 heteroatoms. The largest absolute Gasteiger partial charge is 0.366 e. The molecule has 4 rings (SSSR count). The topological polar surface area (TPSA) is 72.9 Å². The molecule has 1 saturated heterocycles. The van der Waals surface area contributed by atoms with Crippen LogP contribution in [0.2, 0.25) is 0 Å². The van der Waals surface area contributed by atoms with E-state index in [1.54, 1.807) is 0 Å². The van der Waals surface area contributed by atoms with Crippen LogP contribution in [-0.2, 0) is 0 Å². The summed E-state index contributed by atoms with van der Waals surface area (Å²) >= 11 is 0. The van der Waals surface area contributed by atoms with Crippen molar-refractivity contribution in [3.8, 4) is 5.69 Å². The van der Waals surface area contributed by atoms with Gasteiger partial charge in [-0.25, -0.2) is 13.5 Å². The summed E-state index contributed by atoms with van der Waals surface area (Å²) in [6.45, 7) is 1.15. The van der Waals surface area contributed by atoms with Gasteiger partial charge in [0, 0.05) is 19.3 Å². The first-order chi connectivity index (χ1) is 12.5. The van der Waals surface area contributed by atoms with Gasteiger partial charge in [-0.1, -0.05) is 12.1 Å². The SMILES string of the molecule is NC(=O)c1ccc(F)c2cn(-c3ccc(C4CNCC(F)C4)cc3)nc12. The molecule has 0 radical (unpaired) electrons. The van der Waals surface area contributed by atoms with Gasteiger partial charge in [0.25, 0.3) is 5.91 Å². The van der Waals surface area contributed by atoms with Crippen LogP contribution in [0.5, 0.6) is 0 Å². The van der Waals surface area contributed by atoms with Crippen molar-refractivity contribution < 1.29 is 13.6 Å². The van der Waals surface area contributed by atoms with Gasteiger partial charge in [-0.05, 0) is 42.2 Å². The average Bonchev–Trinajstić information content (AvgIpc) is 3.08. The van der Waals surface area contributed by atoms with Gasteiger partial charge in [0.05, 0.1) is 16.6 Å². The Morgan fingerprint density at radius 3 is 2.65 bits per heavy atom. The zero-order valence-electron chi connectivity index (χ0n) is 14.0. The third kappa shape index (κ3) is 2.94. The number of piperidine rings is 1. The van der Waals surface area contributed by atoms with E-state index in [4.69, 9.17) is 5.73 Å². The molecule has 1 aromatic heterocycles. The van der Waals surface area contributed by atoms with Crippen LogP contribution >= 0.6 is 0 Å². The van der Waals surface area contributed by atoms with Crippen molar-refractivity contribution in [2.75, 3.05) is 13.1 Å². The van der Waals surface area contributed by atoms with Crippen LogP contribution in [0.25, 0.3) is 16.6 Å². The van der Waals surface area contributed by atoms with Crippen molar-refractivity contribution >= 4 is 16.8 Å². The first-order valence-electron chi connectivity index (χ1n) is 8.45. The second kappa shape index (κ2) is 6.49.